The van der Waals surface area contributed by atoms with E-state index in [1.807, 2.05) is 0 Å². The average Bonchev–Trinajstić information content (AvgIpc) is 2.96. The lowest BCUT2D eigenvalue weighted by atomic mass is 10.2. The molecule has 5 nitrogen and oxygen atoms in total. The van der Waals surface area contributed by atoms with E-state index in [2.05, 4.69) is 5.32 Å². The van der Waals surface area contributed by atoms with Crippen LogP contribution in [0.5, 0.6) is 0 Å². The Kier molecular flexibility index (Phi) is 4.90. The quantitative estimate of drug-likeness (QED) is 0.561. The summed E-state index contributed by atoms with van der Waals surface area (Å²) in [5.41, 5.74) is 0. The molecule has 0 saturated heterocycles. The number of rotatable bonds is 7. The molecule has 1 rings (SSSR count). The highest BCUT2D eigenvalue weighted by molar-refractivity contribution is 8.00. The van der Waals surface area contributed by atoms with Crippen LogP contribution in [-0.4, -0.2) is 46.2 Å². The monoisotopic (exact) mass is 233 g/mol. The molecule has 0 aliphatic heterocycles. The van der Waals surface area contributed by atoms with Crippen molar-refractivity contribution in [2.24, 2.45) is 5.92 Å². The molecule has 0 heterocycles. The van der Waals surface area contributed by atoms with Crippen LogP contribution < -0.4 is 5.32 Å². The maximum absolute atomic E-state index is 11.1. The van der Waals surface area contributed by atoms with Crippen molar-refractivity contribution in [1.29, 1.82) is 0 Å². The third-order valence-electron chi connectivity index (χ3n) is 2.13. The van der Waals surface area contributed by atoms with Crippen molar-refractivity contribution in [2.75, 3.05) is 18.1 Å². The number of carboxylic acids is 1. The zero-order valence-corrected chi connectivity index (χ0v) is 9.13. The molecule has 1 amide bonds. The van der Waals surface area contributed by atoms with E-state index >= 15 is 0 Å². The van der Waals surface area contributed by atoms with Crippen LogP contribution in [0.15, 0.2) is 0 Å². The van der Waals surface area contributed by atoms with Crippen LogP contribution in [-0.2, 0) is 9.59 Å². The van der Waals surface area contributed by atoms with Gasteiger partial charge in [0.1, 0.15) is 0 Å². The standard InChI is InChI=1S/C9H15NO4S/c11-7(6-1-2-6)3-10-8(12)4-15-5-9(13)14/h6-7,11H,1-5H2,(H,10,12)(H,13,14). The first-order valence-electron chi connectivity index (χ1n) is 4.84. The van der Waals surface area contributed by atoms with E-state index in [0.29, 0.717) is 5.92 Å². The molecule has 1 unspecified atom stereocenters. The summed E-state index contributed by atoms with van der Waals surface area (Å²) in [5, 5.41) is 20.3. The van der Waals surface area contributed by atoms with Crippen molar-refractivity contribution in [2.45, 2.75) is 18.9 Å². The first-order chi connectivity index (χ1) is 7.09. The molecule has 0 spiro atoms. The Morgan fingerprint density at radius 2 is 2.07 bits per heavy atom. The Bertz CT molecular complexity index is 242. The summed E-state index contributed by atoms with van der Waals surface area (Å²) in [6.07, 6.45) is 1.62. The zero-order chi connectivity index (χ0) is 11.3. The lowest BCUT2D eigenvalue weighted by Gasteiger charge is -2.09. The van der Waals surface area contributed by atoms with Crippen molar-refractivity contribution in [1.82, 2.24) is 5.32 Å². The van der Waals surface area contributed by atoms with E-state index < -0.39 is 12.1 Å². The molecule has 1 aliphatic rings. The number of hydrogen-bond acceptors (Lipinski definition) is 4. The third kappa shape index (κ3) is 5.64. The minimum absolute atomic E-state index is 0.0708. The Hall–Kier alpha value is -0.750. The largest absolute Gasteiger partial charge is 0.481 e. The number of hydrogen-bond donors (Lipinski definition) is 3. The second kappa shape index (κ2) is 5.97. The Morgan fingerprint density at radius 3 is 2.60 bits per heavy atom. The van der Waals surface area contributed by atoms with E-state index in [9.17, 15) is 14.7 Å². The number of aliphatic hydroxyl groups is 1. The highest BCUT2D eigenvalue weighted by Gasteiger charge is 2.29. The fraction of sp³-hybridized carbons (Fsp3) is 0.778. The average molecular weight is 233 g/mol. The molecule has 86 valence electrons. The number of nitrogens with one attached hydrogen (secondary N) is 1. The van der Waals surface area contributed by atoms with Gasteiger partial charge in [-0.3, -0.25) is 9.59 Å². The topological polar surface area (TPSA) is 86.6 Å². The molecule has 0 radical (unpaired) electrons. The van der Waals surface area contributed by atoms with Gasteiger partial charge in [-0.25, -0.2) is 0 Å². The third-order valence-corrected chi connectivity index (χ3v) is 3.05. The van der Waals surface area contributed by atoms with Gasteiger partial charge in [-0.05, 0) is 18.8 Å². The number of carbonyl (C=O) groups is 2. The normalized spacial score (nSPS) is 17.1. The predicted molar refractivity (Wildman–Crippen MR) is 56.7 cm³/mol. The molecule has 1 fully saturated rings. The summed E-state index contributed by atoms with van der Waals surface area (Å²) in [6, 6.07) is 0. The predicted octanol–water partition coefficient (Wildman–Crippen LogP) is -0.309. The molecule has 15 heavy (non-hydrogen) atoms. The molecule has 3 N–H and O–H groups in total. The lowest BCUT2D eigenvalue weighted by Crippen LogP contribution is -2.34. The summed E-state index contributed by atoms with van der Waals surface area (Å²) < 4.78 is 0. The summed E-state index contributed by atoms with van der Waals surface area (Å²) in [6.45, 7) is 0.275. The van der Waals surface area contributed by atoms with Crippen LogP contribution in [0, 0.1) is 5.92 Å². The van der Waals surface area contributed by atoms with Gasteiger partial charge in [-0.1, -0.05) is 0 Å². The molecular formula is C9H15NO4S. The highest BCUT2D eigenvalue weighted by Crippen LogP contribution is 2.32. The summed E-state index contributed by atoms with van der Waals surface area (Å²) in [7, 11) is 0. The minimum atomic E-state index is -0.925. The molecular weight excluding hydrogens is 218 g/mol. The van der Waals surface area contributed by atoms with Crippen molar-refractivity contribution >= 4 is 23.6 Å². The summed E-state index contributed by atoms with van der Waals surface area (Å²) in [5.74, 6) is -0.744. The van der Waals surface area contributed by atoms with Crippen molar-refractivity contribution in [3.8, 4) is 0 Å². The summed E-state index contributed by atoms with van der Waals surface area (Å²) >= 11 is 1.05. The zero-order valence-electron chi connectivity index (χ0n) is 8.31. The SMILES string of the molecule is O=C(O)CSCC(=O)NCC(O)C1CC1. The van der Waals surface area contributed by atoms with Gasteiger partial charge in [-0.2, -0.15) is 0 Å². The smallest absolute Gasteiger partial charge is 0.313 e. The van der Waals surface area contributed by atoms with Crippen LogP contribution in [0.1, 0.15) is 12.8 Å². The van der Waals surface area contributed by atoms with Crippen molar-refractivity contribution in [3.63, 3.8) is 0 Å². The van der Waals surface area contributed by atoms with Gasteiger partial charge in [0.05, 0.1) is 17.6 Å². The molecule has 1 aliphatic carbocycles. The van der Waals surface area contributed by atoms with Crippen LogP contribution >= 0.6 is 11.8 Å². The number of amides is 1. The molecule has 0 aromatic carbocycles. The Morgan fingerprint density at radius 1 is 1.40 bits per heavy atom. The molecule has 1 atom stereocenters. The van der Waals surface area contributed by atoms with Crippen LogP contribution in [0.4, 0.5) is 0 Å². The number of thioether (sulfide) groups is 1. The van der Waals surface area contributed by atoms with Gasteiger partial charge in [0, 0.05) is 6.54 Å². The number of aliphatic hydroxyl groups excluding tert-OH is 1. The first kappa shape index (κ1) is 12.3. The summed E-state index contributed by atoms with van der Waals surface area (Å²) in [4.78, 5) is 21.3. The second-order valence-electron chi connectivity index (χ2n) is 3.60. The molecule has 0 aromatic heterocycles. The van der Waals surface area contributed by atoms with Gasteiger partial charge in [0.2, 0.25) is 5.91 Å². The van der Waals surface area contributed by atoms with E-state index in [0.717, 1.165) is 24.6 Å². The van der Waals surface area contributed by atoms with Crippen molar-refractivity contribution in [3.05, 3.63) is 0 Å². The number of carboxylic acid groups (broad SMARTS) is 1. The fourth-order valence-corrected chi connectivity index (χ4v) is 1.71. The number of carbonyl (C=O) groups excluding carboxylic acids is 1. The fourth-order valence-electron chi connectivity index (χ4n) is 1.15. The van der Waals surface area contributed by atoms with Crippen LogP contribution in [0.25, 0.3) is 0 Å². The number of aliphatic carboxylic acids is 1. The Balaban J connectivity index is 2.00. The van der Waals surface area contributed by atoms with Gasteiger partial charge in [-0.15, -0.1) is 11.8 Å². The van der Waals surface area contributed by atoms with E-state index in [4.69, 9.17) is 5.11 Å². The van der Waals surface area contributed by atoms with Crippen LogP contribution in [0.3, 0.4) is 0 Å². The van der Waals surface area contributed by atoms with Crippen molar-refractivity contribution < 1.29 is 19.8 Å². The molecule has 0 aromatic rings. The minimum Gasteiger partial charge on any atom is -0.481 e. The maximum atomic E-state index is 11.1. The molecule has 0 bridgehead atoms. The van der Waals surface area contributed by atoms with E-state index in [1.54, 1.807) is 0 Å². The van der Waals surface area contributed by atoms with Crippen LogP contribution in [0.2, 0.25) is 0 Å². The lowest BCUT2D eigenvalue weighted by molar-refractivity contribution is -0.133. The van der Waals surface area contributed by atoms with E-state index in [-0.39, 0.29) is 24.0 Å². The van der Waals surface area contributed by atoms with Gasteiger partial charge < -0.3 is 15.5 Å². The highest BCUT2D eigenvalue weighted by atomic mass is 32.2. The molecule has 1 saturated carbocycles. The van der Waals surface area contributed by atoms with E-state index in [1.165, 1.54) is 0 Å². The second-order valence-corrected chi connectivity index (χ2v) is 4.58. The Labute approximate surface area is 92.2 Å². The molecule has 6 heteroatoms. The van der Waals surface area contributed by atoms with Gasteiger partial charge in [0.15, 0.2) is 0 Å². The first-order valence-corrected chi connectivity index (χ1v) is 5.99. The maximum Gasteiger partial charge on any atom is 0.313 e. The van der Waals surface area contributed by atoms with Gasteiger partial charge in [0.25, 0.3) is 0 Å². The van der Waals surface area contributed by atoms with Gasteiger partial charge >= 0.3 is 5.97 Å².